The summed E-state index contributed by atoms with van der Waals surface area (Å²) in [4.78, 5) is 11.6. The van der Waals surface area contributed by atoms with E-state index in [2.05, 4.69) is 31.2 Å². The summed E-state index contributed by atoms with van der Waals surface area (Å²) in [7, 11) is 1.64. The molecule has 0 saturated carbocycles. The maximum absolute atomic E-state index is 10.3. The molecule has 0 heterocycles. The molecule has 0 aliphatic heterocycles. The minimum atomic E-state index is 0.0220. The number of thioether (sulfide) groups is 1. The zero-order chi connectivity index (χ0) is 11.1. The Hall–Kier alpha value is -0.800. The first-order valence-corrected chi connectivity index (χ1v) is 5.90. The van der Waals surface area contributed by atoms with Gasteiger partial charge in [0.1, 0.15) is 6.29 Å². The smallest absolute Gasteiger partial charge is 0.122 e. The molecular formula is C12H16O2S. The number of hydrogen-bond donors (Lipinski definition) is 0. The lowest BCUT2D eigenvalue weighted by molar-refractivity contribution is -0.109. The molecule has 1 rings (SSSR count). The zero-order valence-electron chi connectivity index (χ0n) is 9.10. The fraction of sp³-hybridized carbons (Fsp3) is 0.417. The number of benzene rings is 1. The highest BCUT2D eigenvalue weighted by atomic mass is 32.2. The second kappa shape index (κ2) is 6.64. The second-order valence-electron chi connectivity index (χ2n) is 3.38. The van der Waals surface area contributed by atoms with Gasteiger partial charge >= 0.3 is 0 Å². The third-order valence-corrected chi connectivity index (χ3v) is 3.29. The van der Waals surface area contributed by atoms with E-state index in [4.69, 9.17) is 4.74 Å². The van der Waals surface area contributed by atoms with Gasteiger partial charge in [0, 0.05) is 24.2 Å². The molecule has 82 valence electrons. The quantitative estimate of drug-likeness (QED) is 0.549. The van der Waals surface area contributed by atoms with Crippen LogP contribution in [0.15, 0.2) is 29.2 Å². The molecule has 1 aromatic carbocycles. The average molecular weight is 224 g/mol. The van der Waals surface area contributed by atoms with E-state index in [1.54, 1.807) is 18.9 Å². The van der Waals surface area contributed by atoms with Gasteiger partial charge in [-0.1, -0.05) is 17.7 Å². The SMILES string of the molecule is COC(CC=O)CSc1ccc(C)cc1. The van der Waals surface area contributed by atoms with Gasteiger partial charge in [0.05, 0.1) is 6.10 Å². The molecule has 3 heteroatoms. The lowest BCUT2D eigenvalue weighted by Crippen LogP contribution is -2.13. The van der Waals surface area contributed by atoms with Crippen LogP contribution in [0.25, 0.3) is 0 Å². The standard InChI is InChI=1S/C12H16O2S/c1-10-3-5-12(6-4-10)15-9-11(14-2)7-8-13/h3-6,8,11H,7,9H2,1-2H3. The van der Waals surface area contributed by atoms with Gasteiger partial charge in [-0.15, -0.1) is 11.8 Å². The van der Waals surface area contributed by atoms with Gasteiger partial charge in [0.25, 0.3) is 0 Å². The summed E-state index contributed by atoms with van der Waals surface area (Å²) in [5.74, 6) is 0.818. The lowest BCUT2D eigenvalue weighted by atomic mass is 10.2. The number of methoxy groups -OCH3 is 1. The van der Waals surface area contributed by atoms with E-state index in [-0.39, 0.29) is 6.10 Å². The molecule has 0 spiro atoms. The zero-order valence-corrected chi connectivity index (χ0v) is 9.92. The Balaban J connectivity index is 2.41. The Morgan fingerprint density at radius 2 is 2.07 bits per heavy atom. The first-order chi connectivity index (χ1) is 7.26. The van der Waals surface area contributed by atoms with Gasteiger partial charge in [0.2, 0.25) is 0 Å². The fourth-order valence-corrected chi connectivity index (χ4v) is 2.14. The summed E-state index contributed by atoms with van der Waals surface area (Å²) in [6, 6.07) is 8.36. The predicted molar refractivity (Wildman–Crippen MR) is 63.4 cm³/mol. The molecule has 0 saturated heterocycles. The van der Waals surface area contributed by atoms with Crippen LogP contribution in [-0.2, 0) is 9.53 Å². The van der Waals surface area contributed by atoms with Crippen molar-refractivity contribution < 1.29 is 9.53 Å². The van der Waals surface area contributed by atoms with E-state index in [1.165, 1.54) is 10.5 Å². The number of carbonyl (C=O) groups is 1. The number of rotatable bonds is 6. The van der Waals surface area contributed by atoms with Crippen molar-refractivity contribution in [1.82, 2.24) is 0 Å². The number of hydrogen-bond acceptors (Lipinski definition) is 3. The van der Waals surface area contributed by atoms with Crippen molar-refractivity contribution in [3.05, 3.63) is 29.8 Å². The average Bonchev–Trinajstić information content (AvgIpc) is 2.26. The summed E-state index contributed by atoms with van der Waals surface area (Å²) in [6.45, 7) is 2.07. The molecule has 0 N–H and O–H groups in total. The molecule has 0 bridgehead atoms. The summed E-state index contributed by atoms with van der Waals surface area (Å²) in [5.41, 5.74) is 1.26. The van der Waals surface area contributed by atoms with Crippen LogP contribution in [-0.4, -0.2) is 25.3 Å². The molecule has 0 aromatic heterocycles. The largest absolute Gasteiger partial charge is 0.380 e. The maximum atomic E-state index is 10.3. The molecule has 0 aliphatic carbocycles. The van der Waals surface area contributed by atoms with Crippen molar-refractivity contribution in [3.8, 4) is 0 Å². The minimum absolute atomic E-state index is 0.0220. The van der Waals surface area contributed by atoms with E-state index >= 15 is 0 Å². The lowest BCUT2D eigenvalue weighted by Gasteiger charge is -2.11. The highest BCUT2D eigenvalue weighted by molar-refractivity contribution is 7.99. The van der Waals surface area contributed by atoms with E-state index in [9.17, 15) is 4.79 Å². The molecule has 0 radical (unpaired) electrons. The van der Waals surface area contributed by atoms with Crippen molar-refractivity contribution in [3.63, 3.8) is 0 Å². The van der Waals surface area contributed by atoms with Crippen molar-refractivity contribution in [2.75, 3.05) is 12.9 Å². The topological polar surface area (TPSA) is 26.3 Å². The van der Waals surface area contributed by atoms with Crippen molar-refractivity contribution in [1.29, 1.82) is 0 Å². The van der Waals surface area contributed by atoms with Crippen molar-refractivity contribution in [2.24, 2.45) is 0 Å². The molecule has 1 aromatic rings. The highest BCUT2D eigenvalue weighted by Crippen LogP contribution is 2.20. The minimum Gasteiger partial charge on any atom is -0.380 e. The van der Waals surface area contributed by atoms with Crippen LogP contribution in [0.3, 0.4) is 0 Å². The van der Waals surface area contributed by atoms with Crippen LogP contribution >= 0.6 is 11.8 Å². The number of carbonyl (C=O) groups excluding carboxylic acids is 1. The van der Waals surface area contributed by atoms with Gasteiger partial charge in [-0.3, -0.25) is 0 Å². The van der Waals surface area contributed by atoms with Crippen molar-refractivity contribution in [2.45, 2.75) is 24.3 Å². The third kappa shape index (κ3) is 4.49. The molecule has 0 fully saturated rings. The van der Waals surface area contributed by atoms with Crippen LogP contribution in [0.4, 0.5) is 0 Å². The van der Waals surface area contributed by atoms with Crippen LogP contribution in [0.5, 0.6) is 0 Å². The van der Waals surface area contributed by atoms with E-state index < -0.39 is 0 Å². The molecule has 0 aliphatic rings. The molecule has 15 heavy (non-hydrogen) atoms. The van der Waals surface area contributed by atoms with Crippen LogP contribution < -0.4 is 0 Å². The fourth-order valence-electron chi connectivity index (χ4n) is 1.16. The molecule has 0 amide bonds. The Morgan fingerprint density at radius 3 is 2.60 bits per heavy atom. The Kier molecular flexibility index (Phi) is 5.43. The molecular weight excluding hydrogens is 208 g/mol. The van der Waals surface area contributed by atoms with E-state index in [1.807, 2.05) is 0 Å². The predicted octanol–water partition coefficient (Wildman–Crippen LogP) is 2.69. The summed E-state index contributed by atoms with van der Waals surface area (Å²) in [6.07, 6.45) is 1.40. The van der Waals surface area contributed by atoms with Gasteiger partial charge < -0.3 is 9.53 Å². The Bertz CT molecular complexity index is 295. The highest BCUT2D eigenvalue weighted by Gasteiger charge is 2.06. The van der Waals surface area contributed by atoms with Crippen LogP contribution in [0.2, 0.25) is 0 Å². The van der Waals surface area contributed by atoms with Crippen LogP contribution in [0.1, 0.15) is 12.0 Å². The summed E-state index contributed by atoms with van der Waals surface area (Å²) in [5, 5.41) is 0. The number of aldehydes is 1. The summed E-state index contributed by atoms with van der Waals surface area (Å²) >= 11 is 1.72. The van der Waals surface area contributed by atoms with Gasteiger partial charge in [0.15, 0.2) is 0 Å². The first kappa shape index (κ1) is 12.3. The first-order valence-electron chi connectivity index (χ1n) is 4.92. The summed E-state index contributed by atoms with van der Waals surface area (Å²) < 4.78 is 5.18. The second-order valence-corrected chi connectivity index (χ2v) is 4.48. The monoisotopic (exact) mass is 224 g/mol. The Labute approximate surface area is 95.0 Å². The van der Waals surface area contributed by atoms with Crippen LogP contribution in [0, 0.1) is 6.92 Å². The molecule has 1 atom stereocenters. The maximum Gasteiger partial charge on any atom is 0.122 e. The van der Waals surface area contributed by atoms with Gasteiger partial charge in [-0.25, -0.2) is 0 Å². The molecule has 1 unspecified atom stereocenters. The van der Waals surface area contributed by atoms with E-state index in [0.717, 1.165) is 12.0 Å². The number of aryl methyl sites for hydroxylation is 1. The van der Waals surface area contributed by atoms with Gasteiger partial charge in [-0.2, -0.15) is 0 Å². The normalized spacial score (nSPS) is 12.4. The Morgan fingerprint density at radius 1 is 1.40 bits per heavy atom. The van der Waals surface area contributed by atoms with E-state index in [0.29, 0.717) is 6.42 Å². The van der Waals surface area contributed by atoms with Gasteiger partial charge in [-0.05, 0) is 19.1 Å². The third-order valence-electron chi connectivity index (χ3n) is 2.15. The number of ether oxygens (including phenoxy) is 1. The van der Waals surface area contributed by atoms with Crippen molar-refractivity contribution >= 4 is 18.0 Å². The molecule has 2 nitrogen and oxygen atoms in total.